The molecule has 6 heteroatoms. The Balaban J connectivity index is 1.59. The van der Waals surface area contributed by atoms with Crippen molar-refractivity contribution in [3.05, 3.63) is 34.6 Å². The second-order valence-corrected chi connectivity index (χ2v) is 6.66. The van der Waals surface area contributed by atoms with E-state index in [9.17, 15) is 0 Å². The lowest BCUT2D eigenvalue weighted by atomic mass is 10.1. The highest BCUT2D eigenvalue weighted by molar-refractivity contribution is 5.34. The molecular weight excluding hydrogens is 292 g/mol. The second-order valence-electron chi connectivity index (χ2n) is 6.66. The summed E-state index contributed by atoms with van der Waals surface area (Å²) in [6, 6.07) is 2.03. The Bertz CT molecular complexity index is 696. The van der Waals surface area contributed by atoms with E-state index in [1.807, 2.05) is 19.9 Å². The highest BCUT2D eigenvalue weighted by atomic mass is 16.5. The van der Waals surface area contributed by atoms with E-state index in [2.05, 4.69) is 40.9 Å². The van der Waals surface area contributed by atoms with Crippen LogP contribution in [-0.2, 0) is 13.0 Å². The van der Waals surface area contributed by atoms with E-state index in [0.29, 0.717) is 5.92 Å². The lowest BCUT2D eigenvalue weighted by Gasteiger charge is -2.19. The average Bonchev–Trinajstić information content (AvgIpc) is 3.05. The third kappa shape index (κ3) is 3.52. The molecule has 1 atom stereocenters. The first-order valence-corrected chi connectivity index (χ1v) is 8.07. The summed E-state index contributed by atoms with van der Waals surface area (Å²) in [6.45, 7) is 9.68. The van der Waals surface area contributed by atoms with Crippen molar-refractivity contribution in [2.75, 3.05) is 13.6 Å². The summed E-state index contributed by atoms with van der Waals surface area (Å²) in [4.78, 5) is 11.0. The molecule has 0 unspecified atom stereocenters. The summed E-state index contributed by atoms with van der Waals surface area (Å²) in [6.07, 6.45) is 0.975. The van der Waals surface area contributed by atoms with Crippen LogP contribution in [0.5, 0.6) is 5.88 Å². The van der Waals surface area contributed by atoms with Crippen molar-refractivity contribution in [2.24, 2.45) is 0 Å². The lowest BCUT2D eigenvalue weighted by Crippen LogP contribution is -2.31. The van der Waals surface area contributed by atoms with E-state index in [1.54, 1.807) is 0 Å². The molecule has 1 aliphatic heterocycles. The fourth-order valence-electron chi connectivity index (χ4n) is 2.93. The van der Waals surface area contributed by atoms with Gasteiger partial charge in [0, 0.05) is 42.8 Å². The summed E-state index contributed by atoms with van der Waals surface area (Å²) < 4.78 is 11.3. The zero-order chi connectivity index (χ0) is 16.6. The fraction of sp³-hybridized carbons (Fsp3) is 0.588. The Morgan fingerprint density at radius 1 is 1.30 bits per heavy atom. The van der Waals surface area contributed by atoms with Crippen molar-refractivity contribution in [2.45, 2.75) is 52.7 Å². The Labute approximate surface area is 136 Å². The van der Waals surface area contributed by atoms with Crippen LogP contribution in [0.1, 0.15) is 48.3 Å². The predicted molar refractivity (Wildman–Crippen MR) is 86.6 cm³/mol. The molecule has 6 nitrogen and oxygen atoms in total. The lowest BCUT2D eigenvalue weighted by molar-refractivity contribution is 0.159. The first kappa shape index (κ1) is 15.9. The zero-order valence-corrected chi connectivity index (χ0v) is 14.5. The van der Waals surface area contributed by atoms with Crippen LogP contribution in [0.15, 0.2) is 10.6 Å². The molecule has 0 aromatic carbocycles. The third-order valence-electron chi connectivity index (χ3n) is 4.09. The van der Waals surface area contributed by atoms with Crippen LogP contribution in [0.2, 0.25) is 0 Å². The van der Waals surface area contributed by atoms with E-state index >= 15 is 0 Å². The molecular formula is C17H24N4O2. The van der Waals surface area contributed by atoms with E-state index in [4.69, 9.17) is 9.26 Å². The number of hydrogen-bond acceptors (Lipinski definition) is 6. The Morgan fingerprint density at radius 3 is 2.78 bits per heavy atom. The maximum atomic E-state index is 5.98. The van der Waals surface area contributed by atoms with Crippen molar-refractivity contribution < 1.29 is 9.26 Å². The smallest absolute Gasteiger partial charge is 0.220 e. The van der Waals surface area contributed by atoms with Gasteiger partial charge in [0.2, 0.25) is 5.88 Å². The molecule has 124 valence electrons. The molecule has 3 rings (SSSR count). The first-order chi connectivity index (χ1) is 10.9. The van der Waals surface area contributed by atoms with Crippen molar-refractivity contribution >= 4 is 0 Å². The van der Waals surface area contributed by atoms with Crippen LogP contribution in [0.25, 0.3) is 0 Å². The van der Waals surface area contributed by atoms with Gasteiger partial charge in [-0.3, -0.25) is 4.90 Å². The number of fused-ring (bicyclic) bond motifs is 1. The molecule has 0 fully saturated rings. The summed E-state index contributed by atoms with van der Waals surface area (Å²) in [5, 5.41) is 4.14. The minimum absolute atomic E-state index is 0.112. The summed E-state index contributed by atoms with van der Waals surface area (Å²) >= 11 is 0. The van der Waals surface area contributed by atoms with Gasteiger partial charge in [-0.2, -0.15) is 4.98 Å². The van der Waals surface area contributed by atoms with Gasteiger partial charge in [0.25, 0.3) is 0 Å². The van der Waals surface area contributed by atoms with Crippen molar-refractivity contribution in [1.82, 2.24) is 20.0 Å². The molecule has 0 N–H and O–H groups in total. The molecule has 0 saturated carbocycles. The average molecular weight is 316 g/mol. The van der Waals surface area contributed by atoms with E-state index < -0.39 is 0 Å². The Morgan fingerprint density at radius 2 is 2.09 bits per heavy atom. The molecule has 0 saturated heterocycles. The van der Waals surface area contributed by atoms with Crippen molar-refractivity contribution in [3.63, 3.8) is 0 Å². The minimum atomic E-state index is 0.112. The van der Waals surface area contributed by atoms with Crippen LogP contribution in [0.4, 0.5) is 0 Å². The summed E-state index contributed by atoms with van der Waals surface area (Å²) in [5.74, 6) is 2.80. The summed E-state index contributed by atoms with van der Waals surface area (Å²) in [5.41, 5.74) is 3.12. The third-order valence-corrected chi connectivity index (χ3v) is 4.09. The topological polar surface area (TPSA) is 64.3 Å². The monoisotopic (exact) mass is 316 g/mol. The molecule has 1 aliphatic rings. The Kier molecular flexibility index (Phi) is 4.35. The number of aryl methyl sites for hydroxylation is 2. The number of likely N-dealkylation sites (N-methyl/N-ethyl adjacent to an activating group) is 1. The van der Waals surface area contributed by atoms with Crippen molar-refractivity contribution in [3.8, 4) is 5.88 Å². The van der Waals surface area contributed by atoms with Gasteiger partial charge in [0.1, 0.15) is 17.7 Å². The van der Waals surface area contributed by atoms with Crippen LogP contribution in [-0.4, -0.2) is 39.7 Å². The number of rotatable bonds is 5. The normalized spacial score (nSPS) is 16.9. The first-order valence-electron chi connectivity index (χ1n) is 8.07. The van der Waals surface area contributed by atoms with Gasteiger partial charge in [-0.05, 0) is 20.9 Å². The largest absolute Gasteiger partial charge is 0.472 e. The quantitative estimate of drug-likeness (QED) is 0.845. The second kappa shape index (κ2) is 6.28. The fourth-order valence-corrected chi connectivity index (χ4v) is 2.93. The van der Waals surface area contributed by atoms with Gasteiger partial charge >= 0.3 is 0 Å². The predicted octanol–water partition coefficient (Wildman–Crippen LogP) is 2.64. The van der Waals surface area contributed by atoms with Crippen molar-refractivity contribution in [1.29, 1.82) is 0 Å². The van der Waals surface area contributed by atoms with Gasteiger partial charge in [-0.15, -0.1) is 0 Å². The molecule has 0 spiro atoms. The highest BCUT2D eigenvalue weighted by Gasteiger charge is 2.28. The van der Waals surface area contributed by atoms with Crippen LogP contribution in [0.3, 0.4) is 0 Å². The SMILES string of the molecule is Cc1nc(C)c2c(n1)O[C@H](CN(C)Cc1cc(C(C)C)on1)C2. The molecule has 2 aromatic rings. The molecule has 0 amide bonds. The molecule has 0 bridgehead atoms. The number of hydrogen-bond donors (Lipinski definition) is 0. The number of ether oxygens (including phenoxy) is 1. The molecule has 23 heavy (non-hydrogen) atoms. The maximum absolute atomic E-state index is 5.98. The van der Waals surface area contributed by atoms with Gasteiger partial charge in [-0.1, -0.05) is 19.0 Å². The van der Waals surface area contributed by atoms with E-state index in [0.717, 1.165) is 53.9 Å². The Hall–Kier alpha value is -1.95. The highest BCUT2D eigenvalue weighted by Crippen LogP contribution is 2.29. The van der Waals surface area contributed by atoms with Gasteiger partial charge in [0.15, 0.2) is 0 Å². The zero-order valence-electron chi connectivity index (χ0n) is 14.5. The van der Waals surface area contributed by atoms with Crippen LogP contribution >= 0.6 is 0 Å². The van der Waals surface area contributed by atoms with Crippen LogP contribution < -0.4 is 4.74 Å². The van der Waals surface area contributed by atoms with Gasteiger partial charge in [-0.25, -0.2) is 4.98 Å². The number of nitrogens with zero attached hydrogens (tertiary/aromatic N) is 4. The van der Waals surface area contributed by atoms with E-state index in [1.165, 1.54) is 0 Å². The standard InChI is InChI=1S/C17H24N4O2/c1-10(2)16-6-13(20-23-16)8-21(5)9-14-7-15-11(3)18-12(4)19-17(15)22-14/h6,10,14H,7-9H2,1-5H3/t14-/m0/s1. The molecule has 3 heterocycles. The van der Waals surface area contributed by atoms with Gasteiger partial charge in [0.05, 0.1) is 5.69 Å². The van der Waals surface area contributed by atoms with E-state index in [-0.39, 0.29) is 6.10 Å². The van der Waals surface area contributed by atoms with Crippen LogP contribution in [0, 0.1) is 13.8 Å². The molecule has 0 aliphatic carbocycles. The summed E-state index contributed by atoms with van der Waals surface area (Å²) in [7, 11) is 2.07. The molecule has 0 radical (unpaired) electrons. The maximum Gasteiger partial charge on any atom is 0.220 e. The molecule has 2 aromatic heterocycles. The minimum Gasteiger partial charge on any atom is -0.472 e. The number of aromatic nitrogens is 3. The van der Waals surface area contributed by atoms with Gasteiger partial charge < -0.3 is 9.26 Å².